The van der Waals surface area contributed by atoms with E-state index in [0.717, 1.165) is 31.2 Å². The molecule has 0 radical (unpaired) electrons. The first kappa shape index (κ1) is 14.7. The third-order valence-corrected chi connectivity index (χ3v) is 4.73. The second-order valence-electron chi connectivity index (χ2n) is 6.16. The Balaban J connectivity index is 1.79. The molecule has 0 amide bonds. The van der Waals surface area contributed by atoms with Crippen molar-refractivity contribution in [2.24, 2.45) is 5.92 Å². The van der Waals surface area contributed by atoms with E-state index >= 15 is 0 Å². The van der Waals surface area contributed by atoms with Crippen LogP contribution in [0.3, 0.4) is 0 Å². The lowest BCUT2D eigenvalue weighted by Crippen LogP contribution is -2.46. The number of hydrogen-bond acceptors (Lipinski definition) is 3. The van der Waals surface area contributed by atoms with Crippen LogP contribution in [0.25, 0.3) is 0 Å². The first-order valence-corrected chi connectivity index (χ1v) is 7.62. The molecule has 0 aromatic heterocycles. The molecule has 2 aliphatic heterocycles. The van der Waals surface area contributed by atoms with Crippen LogP contribution >= 0.6 is 0 Å². The van der Waals surface area contributed by atoms with Crippen LogP contribution in [0.15, 0.2) is 18.2 Å². The Kier molecular flexibility index (Phi) is 4.09. The van der Waals surface area contributed by atoms with Gasteiger partial charge in [0.05, 0.1) is 5.60 Å². The minimum Gasteiger partial charge on any atom is -0.381 e. The Morgan fingerprint density at radius 1 is 1.29 bits per heavy atom. The molecule has 3 nitrogen and oxygen atoms in total. The van der Waals surface area contributed by atoms with Crippen LogP contribution in [0.2, 0.25) is 0 Å². The summed E-state index contributed by atoms with van der Waals surface area (Å²) in [4.78, 5) is 12.7. The number of Topliss-reactive ketones (excluding diaryl/α,β-unsaturated/α-hetero) is 1. The maximum atomic E-state index is 13.4. The molecule has 1 atom stereocenters. The minimum atomic E-state index is -0.350. The zero-order valence-corrected chi connectivity index (χ0v) is 12.4. The number of carbonyl (C=O) groups is 1. The third-order valence-electron chi connectivity index (χ3n) is 4.73. The largest absolute Gasteiger partial charge is 0.381 e. The van der Waals surface area contributed by atoms with Crippen molar-refractivity contribution in [3.8, 4) is 0 Å². The van der Waals surface area contributed by atoms with E-state index in [4.69, 9.17) is 9.47 Å². The summed E-state index contributed by atoms with van der Waals surface area (Å²) in [6, 6.07) is 4.44. The summed E-state index contributed by atoms with van der Waals surface area (Å²) in [5.74, 6) is -0.365. The second-order valence-corrected chi connectivity index (χ2v) is 6.16. The fourth-order valence-corrected chi connectivity index (χ4v) is 3.42. The Bertz CT molecular complexity index is 529. The molecule has 21 heavy (non-hydrogen) atoms. The molecule has 1 spiro atoms. The Hall–Kier alpha value is -1.26. The number of halogens is 1. The predicted molar refractivity (Wildman–Crippen MR) is 76.9 cm³/mol. The number of hydrogen-bond donors (Lipinski definition) is 0. The maximum absolute atomic E-state index is 13.4. The molecule has 2 heterocycles. The summed E-state index contributed by atoms with van der Waals surface area (Å²) in [6.45, 7) is 3.85. The number of ether oxygens (including phenoxy) is 2. The van der Waals surface area contributed by atoms with Gasteiger partial charge in [-0.25, -0.2) is 4.39 Å². The molecule has 1 aromatic carbocycles. The van der Waals surface area contributed by atoms with Crippen molar-refractivity contribution >= 4 is 5.78 Å². The monoisotopic (exact) mass is 292 g/mol. The molecule has 3 rings (SSSR count). The van der Waals surface area contributed by atoms with Gasteiger partial charge in [0.15, 0.2) is 5.78 Å². The van der Waals surface area contributed by atoms with Gasteiger partial charge >= 0.3 is 0 Å². The van der Waals surface area contributed by atoms with Crippen LogP contribution in [0.1, 0.15) is 41.6 Å². The highest BCUT2D eigenvalue weighted by Crippen LogP contribution is 2.38. The lowest BCUT2D eigenvalue weighted by Gasteiger charge is -2.43. The van der Waals surface area contributed by atoms with E-state index in [0.29, 0.717) is 25.4 Å². The van der Waals surface area contributed by atoms with E-state index in [1.54, 1.807) is 6.07 Å². The zero-order chi connectivity index (χ0) is 14.9. The molecule has 2 fully saturated rings. The van der Waals surface area contributed by atoms with Gasteiger partial charge in [0.1, 0.15) is 5.82 Å². The van der Waals surface area contributed by atoms with Gasteiger partial charge in [-0.3, -0.25) is 4.79 Å². The molecule has 1 unspecified atom stereocenters. The predicted octanol–water partition coefficient (Wildman–Crippen LogP) is 3.29. The molecule has 0 saturated carbocycles. The van der Waals surface area contributed by atoms with Crippen LogP contribution in [-0.4, -0.2) is 31.2 Å². The van der Waals surface area contributed by atoms with Crippen LogP contribution in [-0.2, 0) is 9.47 Å². The highest BCUT2D eigenvalue weighted by molar-refractivity contribution is 5.99. The molecule has 0 bridgehead atoms. The van der Waals surface area contributed by atoms with Gasteiger partial charge in [0, 0.05) is 31.3 Å². The van der Waals surface area contributed by atoms with Gasteiger partial charge in [-0.05, 0) is 50.3 Å². The lowest BCUT2D eigenvalue weighted by atomic mass is 9.77. The average molecular weight is 292 g/mol. The molecular formula is C17H21FO3. The highest BCUT2D eigenvalue weighted by Gasteiger charge is 2.41. The normalized spacial score (nSPS) is 25.0. The average Bonchev–Trinajstić information content (AvgIpc) is 2.50. The minimum absolute atomic E-state index is 0.0566. The van der Waals surface area contributed by atoms with E-state index in [-0.39, 0.29) is 23.1 Å². The maximum Gasteiger partial charge on any atom is 0.166 e. The van der Waals surface area contributed by atoms with E-state index < -0.39 is 0 Å². The SMILES string of the molecule is Cc1ccc(F)cc1C(=O)C1CCOC2(CCOCC2)C1. The van der Waals surface area contributed by atoms with Crippen LogP contribution in [0, 0.1) is 18.7 Å². The van der Waals surface area contributed by atoms with Crippen LogP contribution < -0.4 is 0 Å². The molecule has 0 N–H and O–H groups in total. The van der Waals surface area contributed by atoms with E-state index in [9.17, 15) is 9.18 Å². The molecule has 4 heteroatoms. The van der Waals surface area contributed by atoms with Crippen molar-refractivity contribution in [1.82, 2.24) is 0 Å². The fourth-order valence-electron chi connectivity index (χ4n) is 3.42. The Labute approximate surface area is 124 Å². The summed E-state index contributed by atoms with van der Waals surface area (Å²) in [5.41, 5.74) is 1.15. The lowest BCUT2D eigenvalue weighted by molar-refractivity contribution is -0.142. The Morgan fingerprint density at radius 3 is 2.81 bits per heavy atom. The van der Waals surface area contributed by atoms with Crippen molar-refractivity contribution in [1.29, 1.82) is 0 Å². The quantitative estimate of drug-likeness (QED) is 0.785. The van der Waals surface area contributed by atoms with Gasteiger partial charge in [0.2, 0.25) is 0 Å². The van der Waals surface area contributed by atoms with Gasteiger partial charge in [-0.2, -0.15) is 0 Å². The van der Waals surface area contributed by atoms with E-state index in [1.165, 1.54) is 12.1 Å². The van der Waals surface area contributed by atoms with Crippen molar-refractivity contribution in [2.75, 3.05) is 19.8 Å². The number of aryl methyl sites for hydroxylation is 1. The van der Waals surface area contributed by atoms with Gasteiger partial charge < -0.3 is 9.47 Å². The van der Waals surface area contributed by atoms with Crippen molar-refractivity contribution in [3.63, 3.8) is 0 Å². The molecular weight excluding hydrogens is 271 g/mol. The summed E-state index contributed by atoms with van der Waals surface area (Å²) >= 11 is 0. The molecule has 114 valence electrons. The van der Waals surface area contributed by atoms with Crippen molar-refractivity contribution in [2.45, 2.75) is 38.2 Å². The first-order valence-electron chi connectivity index (χ1n) is 7.62. The van der Waals surface area contributed by atoms with Crippen LogP contribution in [0.5, 0.6) is 0 Å². The Morgan fingerprint density at radius 2 is 2.05 bits per heavy atom. The smallest absolute Gasteiger partial charge is 0.166 e. The summed E-state index contributed by atoms with van der Waals surface area (Å²) < 4.78 is 24.8. The second kappa shape index (κ2) is 5.85. The standard InChI is InChI=1S/C17H21FO3/c1-12-2-3-14(18)10-15(12)16(19)13-4-7-21-17(11-13)5-8-20-9-6-17/h2-3,10,13H,4-9,11H2,1H3. The number of ketones is 1. The highest BCUT2D eigenvalue weighted by atomic mass is 19.1. The molecule has 1 aromatic rings. The number of carbonyl (C=O) groups excluding carboxylic acids is 1. The molecule has 0 aliphatic carbocycles. The summed E-state index contributed by atoms with van der Waals surface area (Å²) in [6.07, 6.45) is 3.14. The van der Waals surface area contributed by atoms with Gasteiger partial charge in [0.25, 0.3) is 0 Å². The van der Waals surface area contributed by atoms with Crippen molar-refractivity contribution in [3.05, 3.63) is 35.1 Å². The molecule has 2 aliphatic rings. The first-order chi connectivity index (χ1) is 10.1. The van der Waals surface area contributed by atoms with Crippen molar-refractivity contribution < 1.29 is 18.7 Å². The number of rotatable bonds is 2. The summed E-state index contributed by atoms with van der Waals surface area (Å²) in [5, 5.41) is 0. The fraction of sp³-hybridized carbons (Fsp3) is 0.588. The third kappa shape index (κ3) is 3.01. The summed E-state index contributed by atoms with van der Waals surface area (Å²) in [7, 11) is 0. The van der Waals surface area contributed by atoms with Gasteiger partial charge in [-0.15, -0.1) is 0 Å². The van der Waals surface area contributed by atoms with E-state index in [2.05, 4.69) is 0 Å². The van der Waals surface area contributed by atoms with Gasteiger partial charge in [-0.1, -0.05) is 6.07 Å². The zero-order valence-electron chi connectivity index (χ0n) is 12.4. The van der Waals surface area contributed by atoms with E-state index in [1.807, 2.05) is 6.92 Å². The topological polar surface area (TPSA) is 35.5 Å². The molecule has 2 saturated heterocycles. The number of benzene rings is 1. The van der Waals surface area contributed by atoms with Crippen LogP contribution in [0.4, 0.5) is 4.39 Å².